The maximum Gasteiger partial charge on any atom is 0.336 e. The molecule has 0 aliphatic carbocycles. The van der Waals surface area contributed by atoms with Gasteiger partial charge in [0, 0.05) is 31.1 Å². The summed E-state index contributed by atoms with van der Waals surface area (Å²) in [7, 11) is 1.75. The van der Waals surface area contributed by atoms with Gasteiger partial charge in [-0.05, 0) is 42.2 Å². The maximum absolute atomic E-state index is 12.3. The second kappa shape index (κ2) is 8.08. The molecule has 2 aromatic carbocycles. The molecule has 0 aliphatic rings. The van der Waals surface area contributed by atoms with E-state index >= 15 is 0 Å². The molecular formula is C22H23NO4. The Balaban J connectivity index is 1.62. The summed E-state index contributed by atoms with van der Waals surface area (Å²) in [4.78, 5) is 25.5. The fraction of sp³-hybridized carbons (Fsp3) is 0.273. The van der Waals surface area contributed by atoms with Crippen molar-refractivity contribution in [2.24, 2.45) is 0 Å². The average Bonchev–Trinajstić information content (AvgIpc) is 2.66. The third-order valence-corrected chi connectivity index (χ3v) is 4.56. The van der Waals surface area contributed by atoms with Gasteiger partial charge in [0.05, 0.1) is 0 Å². The van der Waals surface area contributed by atoms with Crippen molar-refractivity contribution in [2.45, 2.75) is 26.8 Å². The van der Waals surface area contributed by atoms with Crippen LogP contribution in [0.4, 0.5) is 0 Å². The molecule has 1 heterocycles. The Morgan fingerprint density at radius 1 is 1.07 bits per heavy atom. The molecule has 140 valence electrons. The van der Waals surface area contributed by atoms with Crippen LogP contribution in [-0.4, -0.2) is 24.5 Å². The molecule has 3 aromatic rings. The molecule has 0 atom stereocenters. The van der Waals surface area contributed by atoms with E-state index in [9.17, 15) is 9.59 Å². The van der Waals surface area contributed by atoms with Gasteiger partial charge < -0.3 is 14.1 Å². The Morgan fingerprint density at radius 2 is 1.78 bits per heavy atom. The van der Waals surface area contributed by atoms with E-state index in [0.717, 1.165) is 22.9 Å². The lowest BCUT2D eigenvalue weighted by Crippen LogP contribution is -2.30. The van der Waals surface area contributed by atoms with E-state index in [4.69, 9.17) is 9.15 Å². The molecule has 0 N–H and O–H groups in total. The van der Waals surface area contributed by atoms with Gasteiger partial charge in [0.2, 0.25) is 0 Å². The molecule has 0 bridgehead atoms. The number of aryl methyl sites for hydroxylation is 2. The number of hydrogen-bond donors (Lipinski definition) is 0. The van der Waals surface area contributed by atoms with E-state index < -0.39 is 5.63 Å². The van der Waals surface area contributed by atoms with Gasteiger partial charge in [-0.25, -0.2) is 4.79 Å². The number of carbonyl (C=O) groups is 1. The number of nitrogens with zero attached hydrogens (tertiary/aromatic N) is 1. The van der Waals surface area contributed by atoms with Crippen LogP contribution in [0.1, 0.15) is 23.6 Å². The third kappa shape index (κ3) is 4.56. The van der Waals surface area contributed by atoms with Gasteiger partial charge in [-0.1, -0.05) is 31.2 Å². The summed E-state index contributed by atoms with van der Waals surface area (Å²) in [5.74, 6) is 0.366. The molecule has 0 saturated carbocycles. The van der Waals surface area contributed by atoms with Crippen molar-refractivity contribution in [2.75, 3.05) is 13.7 Å². The van der Waals surface area contributed by atoms with Crippen LogP contribution in [0.2, 0.25) is 0 Å². The second-order valence-electron chi connectivity index (χ2n) is 6.61. The van der Waals surface area contributed by atoms with E-state index in [1.54, 1.807) is 24.1 Å². The highest BCUT2D eigenvalue weighted by Crippen LogP contribution is 2.22. The molecule has 27 heavy (non-hydrogen) atoms. The molecule has 1 amide bonds. The van der Waals surface area contributed by atoms with Gasteiger partial charge in [0.1, 0.15) is 11.3 Å². The van der Waals surface area contributed by atoms with Crippen molar-refractivity contribution in [3.63, 3.8) is 0 Å². The van der Waals surface area contributed by atoms with Gasteiger partial charge in [-0.2, -0.15) is 0 Å². The highest BCUT2D eigenvalue weighted by atomic mass is 16.5. The van der Waals surface area contributed by atoms with Gasteiger partial charge in [0.25, 0.3) is 5.91 Å². The summed E-state index contributed by atoms with van der Waals surface area (Å²) in [6.07, 6.45) is 0.994. The fourth-order valence-corrected chi connectivity index (χ4v) is 2.89. The van der Waals surface area contributed by atoms with E-state index in [-0.39, 0.29) is 12.5 Å². The van der Waals surface area contributed by atoms with Crippen LogP contribution >= 0.6 is 0 Å². The number of likely N-dealkylation sites (N-methyl/N-ethyl adjacent to an activating group) is 1. The van der Waals surface area contributed by atoms with Crippen LogP contribution in [0.5, 0.6) is 5.75 Å². The van der Waals surface area contributed by atoms with E-state index in [2.05, 4.69) is 19.1 Å². The Labute approximate surface area is 158 Å². The minimum Gasteiger partial charge on any atom is -0.484 e. The lowest BCUT2D eigenvalue weighted by atomic mass is 10.1. The first-order valence-corrected chi connectivity index (χ1v) is 8.95. The fourth-order valence-electron chi connectivity index (χ4n) is 2.89. The monoisotopic (exact) mass is 365 g/mol. The first kappa shape index (κ1) is 18.7. The second-order valence-corrected chi connectivity index (χ2v) is 6.61. The molecule has 0 aliphatic heterocycles. The molecule has 0 spiro atoms. The van der Waals surface area contributed by atoms with Gasteiger partial charge >= 0.3 is 5.63 Å². The molecule has 5 nitrogen and oxygen atoms in total. The van der Waals surface area contributed by atoms with Crippen LogP contribution in [0, 0.1) is 6.92 Å². The smallest absolute Gasteiger partial charge is 0.336 e. The van der Waals surface area contributed by atoms with Crippen molar-refractivity contribution in [3.05, 3.63) is 75.6 Å². The standard InChI is InChI=1S/C22H23NO4/c1-4-16-5-7-17(8-6-16)13-23(3)21(24)14-26-18-9-10-19-15(2)11-22(25)27-20(19)12-18/h5-12H,4,13-14H2,1-3H3. The summed E-state index contributed by atoms with van der Waals surface area (Å²) in [5.41, 5.74) is 3.24. The van der Waals surface area contributed by atoms with Crippen molar-refractivity contribution < 1.29 is 13.9 Å². The predicted molar refractivity (Wildman–Crippen MR) is 105 cm³/mol. The number of ether oxygens (including phenoxy) is 1. The zero-order valence-electron chi connectivity index (χ0n) is 15.8. The Kier molecular flexibility index (Phi) is 5.60. The molecule has 3 rings (SSSR count). The first-order chi connectivity index (χ1) is 13.0. The molecule has 0 fully saturated rings. The summed E-state index contributed by atoms with van der Waals surface area (Å²) in [5, 5.41) is 0.848. The summed E-state index contributed by atoms with van der Waals surface area (Å²) in [6, 6.07) is 14.9. The normalized spacial score (nSPS) is 10.8. The number of fused-ring (bicyclic) bond motifs is 1. The van der Waals surface area contributed by atoms with Gasteiger partial charge in [-0.3, -0.25) is 4.79 Å². The van der Waals surface area contributed by atoms with E-state index in [1.165, 1.54) is 11.6 Å². The van der Waals surface area contributed by atoms with Gasteiger partial charge in [0.15, 0.2) is 6.61 Å². The summed E-state index contributed by atoms with van der Waals surface area (Å²) < 4.78 is 10.8. The van der Waals surface area contributed by atoms with Crippen molar-refractivity contribution in [1.82, 2.24) is 4.90 Å². The van der Waals surface area contributed by atoms with Crippen LogP contribution in [0.15, 0.2) is 57.7 Å². The van der Waals surface area contributed by atoms with Crippen molar-refractivity contribution in [3.8, 4) is 5.75 Å². The van der Waals surface area contributed by atoms with Crippen LogP contribution < -0.4 is 10.4 Å². The highest BCUT2D eigenvalue weighted by molar-refractivity contribution is 5.81. The number of rotatable bonds is 6. The quantitative estimate of drug-likeness (QED) is 0.625. The average molecular weight is 365 g/mol. The zero-order chi connectivity index (χ0) is 19.4. The Morgan fingerprint density at radius 3 is 2.48 bits per heavy atom. The Bertz CT molecular complexity index is 1000. The summed E-state index contributed by atoms with van der Waals surface area (Å²) >= 11 is 0. The van der Waals surface area contributed by atoms with Gasteiger partial charge in [-0.15, -0.1) is 0 Å². The SMILES string of the molecule is CCc1ccc(CN(C)C(=O)COc2ccc3c(C)cc(=O)oc3c2)cc1. The van der Waals surface area contributed by atoms with Crippen LogP contribution in [0.3, 0.4) is 0 Å². The zero-order valence-corrected chi connectivity index (χ0v) is 15.8. The largest absolute Gasteiger partial charge is 0.484 e. The Hall–Kier alpha value is -3.08. The number of carbonyl (C=O) groups excluding carboxylic acids is 1. The molecule has 5 heteroatoms. The predicted octanol–water partition coefficient (Wildman–Crippen LogP) is 3.70. The lowest BCUT2D eigenvalue weighted by molar-refractivity contribution is -0.132. The minimum absolute atomic E-state index is 0.0783. The molecule has 0 radical (unpaired) electrons. The van der Waals surface area contributed by atoms with E-state index in [1.807, 2.05) is 25.1 Å². The third-order valence-electron chi connectivity index (χ3n) is 4.56. The van der Waals surface area contributed by atoms with Crippen molar-refractivity contribution >= 4 is 16.9 Å². The number of amides is 1. The number of benzene rings is 2. The highest BCUT2D eigenvalue weighted by Gasteiger charge is 2.11. The summed E-state index contributed by atoms with van der Waals surface area (Å²) in [6.45, 7) is 4.41. The van der Waals surface area contributed by atoms with Crippen molar-refractivity contribution in [1.29, 1.82) is 0 Å². The number of hydrogen-bond acceptors (Lipinski definition) is 4. The lowest BCUT2D eigenvalue weighted by Gasteiger charge is -2.18. The van der Waals surface area contributed by atoms with E-state index in [0.29, 0.717) is 17.9 Å². The van der Waals surface area contributed by atoms with Crippen LogP contribution in [0.25, 0.3) is 11.0 Å². The molecular weight excluding hydrogens is 342 g/mol. The van der Waals surface area contributed by atoms with Crippen LogP contribution in [-0.2, 0) is 17.8 Å². The maximum atomic E-state index is 12.3. The topological polar surface area (TPSA) is 59.8 Å². The molecule has 0 unspecified atom stereocenters. The minimum atomic E-state index is -0.401. The molecule has 0 saturated heterocycles. The first-order valence-electron chi connectivity index (χ1n) is 8.95. The molecule has 1 aromatic heterocycles.